The number of ether oxygens (including phenoxy) is 3. The molecule has 0 unspecified atom stereocenters. The first kappa shape index (κ1) is 19.8. The van der Waals surface area contributed by atoms with Crippen LogP contribution in [0, 0.1) is 6.92 Å². The first-order chi connectivity index (χ1) is 12.2. The first-order valence-corrected chi connectivity index (χ1v) is 8.56. The van der Waals surface area contributed by atoms with Gasteiger partial charge in [-0.25, -0.2) is 0 Å². The highest BCUT2D eigenvalue weighted by Crippen LogP contribution is 2.37. The Morgan fingerprint density at radius 2 is 1.65 bits per heavy atom. The van der Waals surface area contributed by atoms with Gasteiger partial charge in [0.05, 0.1) is 20.6 Å². The van der Waals surface area contributed by atoms with Crippen molar-refractivity contribution in [3.63, 3.8) is 0 Å². The molecule has 0 fully saturated rings. The molecule has 2 aromatic carbocycles. The van der Waals surface area contributed by atoms with Gasteiger partial charge in [-0.1, -0.05) is 6.07 Å². The molecule has 0 aliphatic heterocycles. The summed E-state index contributed by atoms with van der Waals surface area (Å²) < 4.78 is 16.2. The Kier molecular flexibility index (Phi) is 5.90. The molecule has 26 heavy (non-hydrogen) atoms. The van der Waals surface area contributed by atoms with Crippen molar-refractivity contribution in [2.45, 2.75) is 46.1 Å². The normalized spacial score (nSPS) is 11.3. The van der Waals surface area contributed by atoms with Crippen molar-refractivity contribution in [1.29, 1.82) is 0 Å². The molecule has 0 atom stereocenters. The molecule has 2 rings (SSSR count). The Morgan fingerprint density at radius 1 is 0.962 bits per heavy atom. The highest BCUT2D eigenvalue weighted by molar-refractivity contribution is 6.03. The molecule has 0 saturated carbocycles. The third kappa shape index (κ3) is 4.54. The van der Waals surface area contributed by atoms with E-state index in [1.165, 1.54) is 0 Å². The molecule has 140 valence electrons. The summed E-state index contributed by atoms with van der Waals surface area (Å²) in [7, 11) is 3.21. The van der Waals surface area contributed by atoms with E-state index in [4.69, 9.17) is 14.2 Å². The maximum absolute atomic E-state index is 12.5. The zero-order chi connectivity index (χ0) is 19.5. The molecule has 2 aromatic rings. The number of methoxy groups -OCH3 is 2. The van der Waals surface area contributed by atoms with Crippen molar-refractivity contribution in [3.8, 4) is 11.5 Å². The number of esters is 1. The average Bonchev–Trinajstić information content (AvgIpc) is 2.57. The van der Waals surface area contributed by atoms with E-state index in [9.17, 15) is 9.59 Å². The number of fused-ring (bicyclic) bond motifs is 1. The minimum absolute atomic E-state index is 0.0580. The second-order valence-corrected chi connectivity index (χ2v) is 7.20. The van der Waals surface area contributed by atoms with E-state index in [0.717, 1.165) is 22.1 Å². The van der Waals surface area contributed by atoms with Crippen molar-refractivity contribution in [2.24, 2.45) is 0 Å². The molecule has 0 radical (unpaired) electrons. The summed E-state index contributed by atoms with van der Waals surface area (Å²) in [5, 5.41) is 1.69. The fourth-order valence-corrected chi connectivity index (χ4v) is 2.86. The van der Waals surface area contributed by atoms with Crippen LogP contribution in [-0.2, 0) is 9.53 Å². The molecule has 0 saturated heterocycles. The SMILES string of the molecule is COc1cc(C)c(OC)c2ccc(C(=O)CCC(=O)OC(C)(C)C)cc12. The third-order valence-electron chi connectivity index (χ3n) is 3.96. The highest BCUT2D eigenvalue weighted by Gasteiger charge is 2.18. The standard InChI is InChI=1S/C21H26O5/c1-13-11-18(24-5)16-12-14(7-8-15(16)20(13)25-6)17(22)9-10-19(23)26-21(2,3)4/h7-8,11-12H,9-10H2,1-6H3. The zero-order valence-corrected chi connectivity index (χ0v) is 16.3. The third-order valence-corrected chi connectivity index (χ3v) is 3.96. The molecule has 0 spiro atoms. The Hall–Kier alpha value is -2.56. The minimum Gasteiger partial charge on any atom is -0.496 e. The van der Waals surface area contributed by atoms with Gasteiger partial charge in [-0.15, -0.1) is 0 Å². The maximum atomic E-state index is 12.5. The summed E-state index contributed by atoms with van der Waals surface area (Å²) in [5.74, 6) is 0.953. The molecule has 0 bridgehead atoms. The molecular weight excluding hydrogens is 332 g/mol. The molecule has 5 heteroatoms. The second kappa shape index (κ2) is 7.77. The fraction of sp³-hybridized carbons (Fsp3) is 0.429. The minimum atomic E-state index is -0.551. The maximum Gasteiger partial charge on any atom is 0.306 e. The lowest BCUT2D eigenvalue weighted by Gasteiger charge is -2.19. The van der Waals surface area contributed by atoms with E-state index >= 15 is 0 Å². The van der Waals surface area contributed by atoms with Crippen LogP contribution in [0.25, 0.3) is 10.8 Å². The van der Waals surface area contributed by atoms with Crippen LogP contribution in [0.1, 0.15) is 49.5 Å². The fourth-order valence-electron chi connectivity index (χ4n) is 2.86. The van der Waals surface area contributed by atoms with Gasteiger partial charge < -0.3 is 14.2 Å². The molecule has 0 amide bonds. The van der Waals surface area contributed by atoms with Crippen LogP contribution in [-0.4, -0.2) is 31.6 Å². The van der Waals surface area contributed by atoms with Gasteiger partial charge in [0.15, 0.2) is 5.78 Å². The number of aryl methyl sites for hydroxylation is 1. The first-order valence-electron chi connectivity index (χ1n) is 8.56. The average molecular weight is 358 g/mol. The van der Waals surface area contributed by atoms with Crippen molar-refractivity contribution in [3.05, 3.63) is 35.4 Å². The van der Waals surface area contributed by atoms with Gasteiger partial charge in [-0.2, -0.15) is 0 Å². The predicted molar refractivity (Wildman–Crippen MR) is 101 cm³/mol. The lowest BCUT2D eigenvalue weighted by Crippen LogP contribution is -2.24. The summed E-state index contributed by atoms with van der Waals surface area (Å²) >= 11 is 0. The van der Waals surface area contributed by atoms with Crippen LogP contribution in [0.3, 0.4) is 0 Å². The van der Waals surface area contributed by atoms with Crippen LogP contribution in [0.2, 0.25) is 0 Å². The van der Waals surface area contributed by atoms with Gasteiger partial charge in [-0.05, 0) is 51.5 Å². The summed E-state index contributed by atoms with van der Waals surface area (Å²) in [5.41, 5.74) is 0.941. The number of Topliss-reactive ketones (excluding diaryl/α,β-unsaturated/α-hetero) is 1. The molecule has 0 N–H and O–H groups in total. The van der Waals surface area contributed by atoms with Crippen molar-refractivity contribution < 1.29 is 23.8 Å². The molecule has 5 nitrogen and oxygen atoms in total. The summed E-state index contributed by atoms with van der Waals surface area (Å²) in [6.45, 7) is 7.35. The van der Waals surface area contributed by atoms with Crippen LogP contribution >= 0.6 is 0 Å². The van der Waals surface area contributed by atoms with E-state index in [0.29, 0.717) is 11.3 Å². The topological polar surface area (TPSA) is 61.8 Å². The lowest BCUT2D eigenvalue weighted by molar-refractivity contribution is -0.154. The number of rotatable bonds is 6. The summed E-state index contributed by atoms with van der Waals surface area (Å²) in [4.78, 5) is 24.3. The predicted octanol–water partition coefficient (Wildman–Crippen LogP) is 4.47. The van der Waals surface area contributed by atoms with E-state index in [1.54, 1.807) is 47.1 Å². The molecule has 0 heterocycles. The highest BCUT2D eigenvalue weighted by atomic mass is 16.6. The lowest BCUT2D eigenvalue weighted by atomic mass is 9.99. The number of carbonyl (C=O) groups excluding carboxylic acids is 2. The van der Waals surface area contributed by atoms with E-state index < -0.39 is 5.60 Å². The number of ketones is 1. The largest absolute Gasteiger partial charge is 0.496 e. The van der Waals surface area contributed by atoms with Gasteiger partial charge in [0.1, 0.15) is 17.1 Å². The number of hydrogen-bond donors (Lipinski definition) is 0. The molecular formula is C21H26O5. The zero-order valence-electron chi connectivity index (χ0n) is 16.3. The van der Waals surface area contributed by atoms with Crippen LogP contribution in [0.4, 0.5) is 0 Å². The molecule has 0 aliphatic carbocycles. The number of benzene rings is 2. The Balaban J connectivity index is 2.26. The smallest absolute Gasteiger partial charge is 0.306 e. The van der Waals surface area contributed by atoms with Crippen LogP contribution in [0.5, 0.6) is 11.5 Å². The Labute approximate surface area is 154 Å². The molecule has 0 aliphatic rings. The van der Waals surface area contributed by atoms with Gasteiger partial charge >= 0.3 is 5.97 Å². The van der Waals surface area contributed by atoms with Crippen LogP contribution in [0.15, 0.2) is 24.3 Å². The van der Waals surface area contributed by atoms with Gasteiger partial charge in [0.2, 0.25) is 0 Å². The Morgan fingerprint density at radius 3 is 2.23 bits per heavy atom. The molecule has 0 aromatic heterocycles. The van der Waals surface area contributed by atoms with Crippen molar-refractivity contribution in [2.75, 3.05) is 14.2 Å². The van der Waals surface area contributed by atoms with Gasteiger partial charge in [0.25, 0.3) is 0 Å². The monoisotopic (exact) mass is 358 g/mol. The van der Waals surface area contributed by atoms with Crippen molar-refractivity contribution in [1.82, 2.24) is 0 Å². The second-order valence-electron chi connectivity index (χ2n) is 7.20. The summed E-state index contributed by atoms with van der Waals surface area (Å²) in [6.07, 6.45) is 0.161. The quantitative estimate of drug-likeness (QED) is 0.563. The van der Waals surface area contributed by atoms with Crippen LogP contribution < -0.4 is 9.47 Å². The van der Waals surface area contributed by atoms with E-state index in [2.05, 4.69) is 0 Å². The number of carbonyl (C=O) groups is 2. The summed E-state index contributed by atoms with van der Waals surface area (Å²) in [6, 6.07) is 7.27. The van der Waals surface area contributed by atoms with E-state index in [-0.39, 0.29) is 24.6 Å². The Bertz CT molecular complexity index is 830. The van der Waals surface area contributed by atoms with Gasteiger partial charge in [-0.3, -0.25) is 9.59 Å². The van der Waals surface area contributed by atoms with Gasteiger partial charge in [0, 0.05) is 22.8 Å². The van der Waals surface area contributed by atoms with Crippen molar-refractivity contribution >= 4 is 22.5 Å². The van der Waals surface area contributed by atoms with E-state index in [1.807, 2.05) is 19.1 Å². The number of hydrogen-bond acceptors (Lipinski definition) is 5.